The number of nitrogens with zero attached hydrogens (tertiary/aromatic N) is 4. The molecule has 29 heavy (non-hydrogen) atoms. The predicted molar refractivity (Wildman–Crippen MR) is 105 cm³/mol. The Morgan fingerprint density at radius 3 is 2.62 bits per heavy atom. The first-order valence-electron chi connectivity index (χ1n) is 8.72. The molecule has 0 aliphatic carbocycles. The van der Waals surface area contributed by atoms with Crippen molar-refractivity contribution in [3.63, 3.8) is 0 Å². The molecule has 0 bridgehead atoms. The molecule has 9 nitrogen and oxygen atoms in total. The summed E-state index contributed by atoms with van der Waals surface area (Å²) in [7, 11) is 1.53. The molecule has 2 aromatic carbocycles. The standard InChI is InChI=1S/C19H16ClN5O4/c1-29-14-7-5-13(6-8-14)25-18(27)16-17(19(25)28)24(23-22-16)10-15(26)21-12-4-2-3-11(20)9-12/h2-9,16-17H,10H2,1H3,(H,21,26)/t16-,17-/m1/s1. The van der Waals surface area contributed by atoms with Crippen molar-refractivity contribution in [2.24, 2.45) is 10.3 Å². The summed E-state index contributed by atoms with van der Waals surface area (Å²) in [6.07, 6.45) is 0. The maximum Gasteiger partial charge on any atom is 0.263 e. The molecule has 3 amide bonds. The Bertz CT molecular complexity index is 1010. The maximum atomic E-state index is 12.9. The van der Waals surface area contributed by atoms with E-state index in [1.54, 1.807) is 48.5 Å². The van der Waals surface area contributed by atoms with Crippen LogP contribution in [0.4, 0.5) is 11.4 Å². The second-order valence-corrected chi connectivity index (χ2v) is 6.90. The smallest absolute Gasteiger partial charge is 0.263 e. The lowest BCUT2D eigenvalue weighted by Gasteiger charge is -2.20. The number of fused-ring (bicyclic) bond motifs is 1. The monoisotopic (exact) mass is 413 g/mol. The van der Waals surface area contributed by atoms with Gasteiger partial charge in [-0.1, -0.05) is 22.9 Å². The van der Waals surface area contributed by atoms with Crippen LogP contribution in [0.5, 0.6) is 5.75 Å². The SMILES string of the molecule is COc1ccc(N2C(=O)[C@@H]3N=NN(CC(=O)Nc4cccc(Cl)c4)[C@H]3C2=O)cc1. The van der Waals surface area contributed by atoms with Crippen LogP contribution in [0, 0.1) is 0 Å². The van der Waals surface area contributed by atoms with Crippen LogP contribution >= 0.6 is 11.6 Å². The van der Waals surface area contributed by atoms with Gasteiger partial charge in [-0.25, -0.2) is 4.90 Å². The van der Waals surface area contributed by atoms with E-state index >= 15 is 0 Å². The molecule has 10 heteroatoms. The molecule has 0 aromatic heterocycles. The van der Waals surface area contributed by atoms with Gasteiger partial charge >= 0.3 is 0 Å². The summed E-state index contributed by atoms with van der Waals surface area (Å²) in [6, 6.07) is 11.3. The average Bonchev–Trinajstić information content (AvgIpc) is 3.22. The number of anilines is 2. The minimum Gasteiger partial charge on any atom is -0.497 e. The Kier molecular flexibility index (Phi) is 4.89. The molecule has 0 unspecified atom stereocenters. The summed E-state index contributed by atoms with van der Waals surface area (Å²) in [4.78, 5) is 39.0. The molecular weight excluding hydrogens is 398 g/mol. The van der Waals surface area contributed by atoms with E-state index in [-0.39, 0.29) is 6.54 Å². The highest BCUT2D eigenvalue weighted by atomic mass is 35.5. The lowest BCUT2D eigenvalue weighted by molar-refractivity contribution is -0.123. The number of carbonyl (C=O) groups is 3. The van der Waals surface area contributed by atoms with E-state index in [4.69, 9.17) is 16.3 Å². The molecular formula is C19H16ClN5O4. The highest BCUT2D eigenvalue weighted by Gasteiger charge is 2.55. The van der Waals surface area contributed by atoms with Crippen molar-refractivity contribution in [2.45, 2.75) is 12.1 Å². The van der Waals surface area contributed by atoms with E-state index < -0.39 is 29.8 Å². The Hall–Kier alpha value is -3.46. The normalized spacial score (nSPS) is 20.2. The topological polar surface area (TPSA) is 104 Å². The third kappa shape index (κ3) is 3.52. The van der Waals surface area contributed by atoms with Crippen molar-refractivity contribution in [1.82, 2.24) is 5.01 Å². The minimum absolute atomic E-state index is 0.230. The third-order valence-corrected chi connectivity index (χ3v) is 4.84. The molecule has 0 radical (unpaired) electrons. The molecule has 2 atom stereocenters. The van der Waals surface area contributed by atoms with Gasteiger partial charge in [-0.3, -0.25) is 19.4 Å². The van der Waals surface area contributed by atoms with Crippen LogP contribution in [0.2, 0.25) is 5.02 Å². The molecule has 1 saturated heterocycles. The molecule has 0 spiro atoms. The first-order chi connectivity index (χ1) is 14.0. The van der Waals surface area contributed by atoms with E-state index in [1.807, 2.05) is 0 Å². The fourth-order valence-electron chi connectivity index (χ4n) is 3.25. The summed E-state index contributed by atoms with van der Waals surface area (Å²) in [5, 5.41) is 12.2. The van der Waals surface area contributed by atoms with Crippen molar-refractivity contribution in [3.05, 3.63) is 53.6 Å². The Labute approximate surface area is 170 Å². The van der Waals surface area contributed by atoms with Gasteiger partial charge in [-0.2, -0.15) is 5.11 Å². The molecule has 1 fully saturated rings. The van der Waals surface area contributed by atoms with Gasteiger partial charge in [0.2, 0.25) is 5.91 Å². The molecule has 2 aliphatic heterocycles. The zero-order valence-corrected chi connectivity index (χ0v) is 16.0. The van der Waals surface area contributed by atoms with Crippen LogP contribution in [0.25, 0.3) is 0 Å². The summed E-state index contributed by atoms with van der Waals surface area (Å²) in [5.41, 5.74) is 0.928. The van der Waals surface area contributed by atoms with E-state index in [0.717, 1.165) is 4.90 Å². The number of ether oxygens (including phenoxy) is 1. The number of rotatable bonds is 5. The molecule has 2 aromatic rings. The average molecular weight is 414 g/mol. The van der Waals surface area contributed by atoms with E-state index in [0.29, 0.717) is 22.1 Å². The lowest BCUT2D eigenvalue weighted by Crippen LogP contribution is -2.43. The quantitative estimate of drug-likeness (QED) is 0.757. The highest BCUT2D eigenvalue weighted by Crippen LogP contribution is 2.32. The first-order valence-corrected chi connectivity index (χ1v) is 9.10. The number of hydrogen-bond donors (Lipinski definition) is 1. The summed E-state index contributed by atoms with van der Waals surface area (Å²) in [5.74, 6) is -0.764. The minimum atomic E-state index is -0.969. The number of imide groups is 1. The molecule has 1 N–H and O–H groups in total. The highest BCUT2D eigenvalue weighted by molar-refractivity contribution is 6.31. The van der Waals surface area contributed by atoms with Crippen molar-refractivity contribution in [3.8, 4) is 5.75 Å². The number of halogens is 1. The van der Waals surface area contributed by atoms with Crippen LogP contribution in [-0.4, -0.2) is 48.5 Å². The van der Waals surface area contributed by atoms with Crippen LogP contribution < -0.4 is 15.0 Å². The van der Waals surface area contributed by atoms with Crippen LogP contribution in [-0.2, 0) is 14.4 Å². The van der Waals surface area contributed by atoms with Gasteiger partial charge in [0, 0.05) is 10.7 Å². The number of nitrogens with one attached hydrogen (secondary N) is 1. The van der Waals surface area contributed by atoms with Gasteiger partial charge in [0.15, 0.2) is 12.1 Å². The van der Waals surface area contributed by atoms with Gasteiger partial charge < -0.3 is 10.1 Å². The zero-order chi connectivity index (χ0) is 20.5. The summed E-state index contributed by atoms with van der Waals surface area (Å²) >= 11 is 5.91. The third-order valence-electron chi connectivity index (χ3n) is 4.60. The summed E-state index contributed by atoms with van der Waals surface area (Å²) in [6.45, 7) is -0.230. The van der Waals surface area contributed by atoms with Gasteiger partial charge in [-0.05, 0) is 42.5 Å². The summed E-state index contributed by atoms with van der Waals surface area (Å²) < 4.78 is 5.09. The van der Waals surface area contributed by atoms with Crippen molar-refractivity contribution in [2.75, 3.05) is 23.9 Å². The number of methoxy groups -OCH3 is 1. The number of benzene rings is 2. The molecule has 2 heterocycles. The Morgan fingerprint density at radius 1 is 1.17 bits per heavy atom. The Morgan fingerprint density at radius 2 is 1.93 bits per heavy atom. The van der Waals surface area contributed by atoms with E-state index in [1.165, 1.54) is 12.1 Å². The van der Waals surface area contributed by atoms with Crippen molar-refractivity contribution >= 4 is 40.7 Å². The number of amides is 3. The number of carbonyl (C=O) groups excluding carboxylic acids is 3. The fraction of sp³-hybridized carbons (Fsp3) is 0.211. The molecule has 148 valence electrons. The maximum absolute atomic E-state index is 12.9. The zero-order valence-electron chi connectivity index (χ0n) is 15.3. The van der Waals surface area contributed by atoms with Gasteiger partial charge in [0.25, 0.3) is 11.8 Å². The molecule has 2 aliphatic rings. The number of hydrogen-bond acceptors (Lipinski definition) is 7. The first kappa shape index (κ1) is 18.9. The van der Waals surface area contributed by atoms with E-state index in [9.17, 15) is 14.4 Å². The van der Waals surface area contributed by atoms with Crippen LogP contribution in [0.3, 0.4) is 0 Å². The van der Waals surface area contributed by atoms with Crippen molar-refractivity contribution in [1.29, 1.82) is 0 Å². The van der Waals surface area contributed by atoms with E-state index in [2.05, 4.69) is 15.7 Å². The van der Waals surface area contributed by atoms with Gasteiger partial charge in [-0.15, -0.1) is 0 Å². The van der Waals surface area contributed by atoms with Gasteiger partial charge in [0.05, 0.1) is 12.8 Å². The second-order valence-electron chi connectivity index (χ2n) is 6.46. The molecule has 0 saturated carbocycles. The fourth-order valence-corrected chi connectivity index (χ4v) is 3.44. The second kappa shape index (κ2) is 7.51. The molecule has 4 rings (SSSR count). The van der Waals surface area contributed by atoms with Crippen molar-refractivity contribution < 1.29 is 19.1 Å². The lowest BCUT2D eigenvalue weighted by atomic mass is 10.1. The largest absolute Gasteiger partial charge is 0.497 e. The predicted octanol–water partition coefficient (Wildman–Crippen LogP) is 2.28. The van der Waals surface area contributed by atoms with Crippen LogP contribution in [0.15, 0.2) is 58.9 Å². The van der Waals surface area contributed by atoms with Crippen LogP contribution in [0.1, 0.15) is 0 Å². The Balaban J connectivity index is 1.48. The van der Waals surface area contributed by atoms with Gasteiger partial charge in [0.1, 0.15) is 12.3 Å².